The molecule has 0 aliphatic carbocycles. The number of anilines is 1. The molecule has 0 aliphatic heterocycles. The first-order valence-electron chi connectivity index (χ1n) is 5.09. The van der Waals surface area contributed by atoms with Crippen LogP contribution in [0.4, 0.5) is 5.69 Å². The number of benzene rings is 1. The number of H-pyrrole nitrogens is 1. The predicted octanol–water partition coefficient (Wildman–Crippen LogP) is 1.90. The summed E-state index contributed by atoms with van der Waals surface area (Å²) >= 11 is 0. The number of aromatic amines is 1. The summed E-state index contributed by atoms with van der Waals surface area (Å²) in [6.45, 7) is 2.00. The topological polar surface area (TPSA) is 57.8 Å². The number of aromatic nitrogens is 2. The molecule has 1 heterocycles. The standard InChI is InChI=1S/C12H13N3O/c1-9-4-2-3-5-10(9)6-12(16)15-11-7-13-14-8-11/h2-5,7-8H,6H2,1H3,(H,13,14)(H,15,16). The smallest absolute Gasteiger partial charge is 0.228 e. The van der Waals surface area contributed by atoms with Crippen LogP contribution in [0.5, 0.6) is 0 Å². The number of nitrogens with zero attached hydrogens (tertiary/aromatic N) is 1. The summed E-state index contributed by atoms with van der Waals surface area (Å²) in [5.74, 6) is -0.0318. The van der Waals surface area contributed by atoms with Crippen molar-refractivity contribution in [1.82, 2.24) is 10.2 Å². The van der Waals surface area contributed by atoms with Crippen molar-refractivity contribution >= 4 is 11.6 Å². The summed E-state index contributed by atoms with van der Waals surface area (Å²) in [4.78, 5) is 11.7. The zero-order chi connectivity index (χ0) is 11.4. The monoisotopic (exact) mass is 215 g/mol. The van der Waals surface area contributed by atoms with E-state index in [4.69, 9.17) is 0 Å². The third-order valence-electron chi connectivity index (χ3n) is 2.39. The Morgan fingerprint density at radius 1 is 1.44 bits per heavy atom. The number of hydrogen-bond donors (Lipinski definition) is 2. The maximum atomic E-state index is 11.7. The van der Waals surface area contributed by atoms with E-state index in [-0.39, 0.29) is 5.91 Å². The number of hydrogen-bond acceptors (Lipinski definition) is 2. The van der Waals surface area contributed by atoms with E-state index in [9.17, 15) is 4.79 Å². The van der Waals surface area contributed by atoms with E-state index >= 15 is 0 Å². The second-order valence-corrected chi connectivity index (χ2v) is 3.64. The number of amides is 1. The van der Waals surface area contributed by atoms with E-state index in [0.717, 1.165) is 11.1 Å². The number of carbonyl (C=O) groups is 1. The zero-order valence-corrected chi connectivity index (χ0v) is 9.03. The highest BCUT2D eigenvalue weighted by molar-refractivity contribution is 5.92. The lowest BCUT2D eigenvalue weighted by atomic mass is 10.1. The Hall–Kier alpha value is -2.10. The lowest BCUT2D eigenvalue weighted by molar-refractivity contribution is -0.115. The van der Waals surface area contributed by atoms with Crippen molar-refractivity contribution in [1.29, 1.82) is 0 Å². The Balaban J connectivity index is 2.00. The number of carbonyl (C=O) groups excluding carboxylic acids is 1. The first-order chi connectivity index (χ1) is 7.75. The van der Waals surface area contributed by atoms with E-state index in [1.807, 2.05) is 31.2 Å². The molecular formula is C12H13N3O. The molecule has 0 bridgehead atoms. The average Bonchev–Trinajstić information content (AvgIpc) is 2.74. The maximum Gasteiger partial charge on any atom is 0.228 e. The minimum Gasteiger partial charge on any atom is -0.323 e. The fourth-order valence-corrected chi connectivity index (χ4v) is 1.51. The Labute approximate surface area is 93.7 Å². The molecule has 0 saturated carbocycles. The summed E-state index contributed by atoms with van der Waals surface area (Å²) in [5, 5.41) is 9.17. The molecule has 2 rings (SSSR count). The van der Waals surface area contributed by atoms with Crippen molar-refractivity contribution < 1.29 is 4.79 Å². The highest BCUT2D eigenvalue weighted by Gasteiger charge is 2.06. The first-order valence-corrected chi connectivity index (χ1v) is 5.09. The Morgan fingerprint density at radius 3 is 2.94 bits per heavy atom. The Kier molecular flexibility index (Phi) is 3.00. The highest BCUT2D eigenvalue weighted by Crippen LogP contribution is 2.09. The average molecular weight is 215 g/mol. The number of aryl methyl sites for hydroxylation is 1. The van der Waals surface area contributed by atoms with Crippen molar-refractivity contribution in [3.05, 3.63) is 47.8 Å². The van der Waals surface area contributed by atoms with Gasteiger partial charge in [0.05, 0.1) is 18.3 Å². The Bertz CT molecular complexity index is 477. The van der Waals surface area contributed by atoms with Gasteiger partial charge in [-0.1, -0.05) is 24.3 Å². The van der Waals surface area contributed by atoms with Crippen molar-refractivity contribution in [3.8, 4) is 0 Å². The number of nitrogens with one attached hydrogen (secondary N) is 2. The fraction of sp³-hybridized carbons (Fsp3) is 0.167. The van der Waals surface area contributed by atoms with Crippen LogP contribution in [-0.2, 0) is 11.2 Å². The van der Waals surface area contributed by atoms with Gasteiger partial charge in [0.1, 0.15) is 0 Å². The second-order valence-electron chi connectivity index (χ2n) is 3.64. The van der Waals surface area contributed by atoms with Crippen LogP contribution >= 0.6 is 0 Å². The lowest BCUT2D eigenvalue weighted by Crippen LogP contribution is -2.14. The van der Waals surface area contributed by atoms with Gasteiger partial charge in [0.15, 0.2) is 0 Å². The van der Waals surface area contributed by atoms with Crippen LogP contribution < -0.4 is 5.32 Å². The van der Waals surface area contributed by atoms with Crippen LogP contribution in [0.2, 0.25) is 0 Å². The minimum atomic E-state index is -0.0318. The van der Waals surface area contributed by atoms with E-state index in [0.29, 0.717) is 12.1 Å². The second kappa shape index (κ2) is 4.61. The molecule has 0 saturated heterocycles. The third-order valence-corrected chi connectivity index (χ3v) is 2.39. The van der Waals surface area contributed by atoms with Crippen molar-refractivity contribution in [2.24, 2.45) is 0 Å². The van der Waals surface area contributed by atoms with Crippen LogP contribution in [0, 0.1) is 6.92 Å². The molecule has 0 aliphatic rings. The van der Waals surface area contributed by atoms with Crippen LogP contribution in [0.25, 0.3) is 0 Å². The van der Waals surface area contributed by atoms with Crippen molar-refractivity contribution in [2.45, 2.75) is 13.3 Å². The SMILES string of the molecule is Cc1ccccc1CC(=O)Nc1cn[nH]c1. The summed E-state index contributed by atoms with van der Waals surface area (Å²) < 4.78 is 0. The predicted molar refractivity (Wildman–Crippen MR) is 62.1 cm³/mol. The van der Waals surface area contributed by atoms with Gasteiger partial charge in [0, 0.05) is 6.20 Å². The third kappa shape index (κ3) is 2.48. The van der Waals surface area contributed by atoms with Crippen molar-refractivity contribution in [3.63, 3.8) is 0 Å². The van der Waals surface area contributed by atoms with E-state index in [1.165, 1.54) is 0 Å². The van der Waals surface area contributed by atoms with Crippen LogP contribution in [-0.4, -0.2) is 16.1 Å². The molecule has 2 N–H and O–H groups in total. The van der Waals surface area contributed by atoms with Crippen LogP contribution in [0.15, 0.2) is 36.7 Å². The van der Waals surface area contributed by atoms with Crippen molar-refractivity contribution in [2.75, 3.05) is 5.32 Å². The van der Waals surface area contributed by atoms with Crippen LogP contribution in [0.3, 0.4) is 0 Å². The molecule has 4 heteroatoms. The molecule has 4 nitrogen and oxygen atoms in total. The van der Waals surface area contributed by atoms with E-state index < -0.39 is 0 Å². The molecule has 16 heavy (non-hydrogen) atoms. The van der Waals surface area contributed by atoms with Gasteiger partial charge in [0.25, 0.3) is 0 Å². The first kappa shape index (κ1) is 10.4. The van der Waals surface area contributed by atoms with Gasteiger partial charge in [-0.05, 0) is 18.1 Å². The maximum absolute atomic E-state index is 11.7. The molecule has 0 fully saturated rings. The quantitative estimate of drug-likeness (QED) is 0.821. The van der Waals surface area contributed by atoms with Gasteiger partial charge in [0.2, 0.25) is 5.91 Å². The molecular weight excluding hydrogens is 202 g/mol. The molecule has 1 amide bonds. The molecule has 0 unspecified atom stereocenters. The summed E-state index contributed by atoms with van der Waals surface area (Å²) in [6, 6.07) is 7.87. The molecule has 2 aromatic rings. The summed E-state index contributed by atoms with van der Waals surface area (Å²) in [7, 11) is 0. The molecule has 1 aromatic heterocycles. The van der Waals surface area contributed by atoms with E-state index in [2.05, 4.69) is 15.5 Å². The van der Waals surface area contributed by atoms with Crippen LogP contribution in [0.1, 0.15) is 11.1 Å². The molecule has 0 spiro atoms. The Morgan fingerprint density at radius 2 is 2.25 bits per heavy atom. The van der Waals surface area contributed by atoms with Gasteiger partial charge in [-0.3, -0.25) is 9.89 Å². The normalized spacial score (nSPS) is 10.1. The van der Waals surface area contributed by atoms with Gasteiger partial charge >= 0.3 is 0 Å². The largest absolute Gasteiger partial charge is 0.323 e. The fourth-order valence-electron chi connectivity index (χ4n) is 1.51. The summed E-state index contributed by atoms with van der Waals surface area (Å²) in [6.07, 6.45) is 3.61. The molecule has 0 radical (unpaired) electrons. The lowest BCUT2D eigenvalue weighted by Gasteiger charge is -2.05. The van der Waals surface area contributed by atoms with E-state index in [1.54, 1.807) is 12.4 Å². The van der Waals surface area contributed by atoms with Gasteiger partial charge < -0.3 is 5.32 Å². The van der Waals surface area contributed by atoms with Gasteiger partial charge in [-0.15, -0.1) is 0 Å². The zero-order valence-electron chi connectivity index (χ0n) is 9.03. The summed E-state index contributed by atoms with van der Waals surface area (Å²) in [5.41, 5.74) is 2.87. The van der Waals surface area contributed by atoms with Gasteiger partial charge in [-0.2, -0.15) is 5.10 Å². The minimum absolute atomic E-state index is 0.0318. The molecule has 82 valence electrons. The molecule has 0 atom stereocenters. The van der Waals surface area contributed by atoms with Gasteiger partial charge in [-0.25, -0.2) is 0 Å². The number of rotatable bonds is 3. The molecule has 1 aromatic carbocycles. The highest BCUT2D eigenvalue weighted by atomic mass is 16.1.